The Morgan fingerprint density at radius 2 is 2.07 bits per heavy atom. The second kappa shape index (κ2) is 7.57. The van der Waals surface area contributed by atoms with Crippen molar-refractivity contribution in [1.82, 2.24) is 9.97 Å². The van der Waals surface area contributed by atoms with E-state index in [0.29, 0.717) is 22.1 Å². The van der Waals surface area contributed by atoms with Gasteiger partial charge in [0.05, 0.1) is 11.0 Å². The van der Waals surface area contributed by atoms with Crippen LogP contribution in [0.15, 0.2) is 46.4 Å². The lowest BCUT2D eigenvalue weighted by atomic mass is 9.96. The standard InChI is InChI=1S/C20H17FN4O2S2/c21-13-3-1-5-16-17(13)23-20(29-16)25-8-6-12(7-9-25)18(26)24-19-22-14(11-28-19)15-4-2-10-27-15/h1-5,10-12H,6-9H2,(H,22,24,26). The fourth-order valence-electron chi connectivity index (χ4n) is 3.45. The molecule has 148 valence electrons. The molecule has 1 aliphatic rings. The number of para-hydroxylation sites is 1. The van der Waals surface area contributed by atoms with Gasteiger partial charge in [0.25, 0.3) is 0 Å². The number of hydrogen-bond acceptors (Lipinski definition) is 7. The SMILES string of the molecule is O=C(Nc1nc(-c2ccco2)cs1)C1CCN(c2nc3c(F)cccc3s2)CC1. The van der Waals surface area contributed by atoms with Crippen LogP contribution in [0.3, 0.4) is 0 Å². The normalized spacial score (nSPS) is 15.1. The van der Waals surface area contributed by atoms with Crippen LogP contribution in [0.1, 0.15) is 12.8 Å². The molecule has 0 atom stereocenters. The summed E-state index contributed by atoms with van der Waals surface area (Å²) in [5.74, 6) is 0.299. The summed E-state index contributed by atoms with van der Waals surface area (Å²) >= 11 is 2.87. The Hall–Kier alpha value is -2.78. The van der Waals surface area contributed by atoms with E-state index < -0.39 is 0 Å². The minimum atomic E-state index is -0.295. The number of rotatable bonds is 4. The fraction of sp³-hybridized carbons (Fsp3) is 0.250. The van der Waals surface area contributed by atoms with E-state index in [-0.39, 0.29) is 17.6 Å². The zero-order chi connectivity index (χ0) is 19.8. The number of anilines is 2. The number of thiazole rings is 2. The summed E-state index contributed by atoms with van der Waals surface area (Å²) < 4.78 is 20.1. The van der Waals surface area contributed by atoms with E-state index in [0.717, 1.165) is 35.8 Å². The van der Waals surface area contributed by atoms with Gasteiger partial charge in [0.15, 0.2) is 16.0 Å². The van der Waals surface area contributed by atoms with Crippen molar-refractivity contribution >= 4 is 49.1 Å². The molecule has 1 amide bonds. The van der Waals surface area contributed by atoms with Crippen molar-refractivity contribution < 1.29 is 13.6 Å². The number of carbonyl (C=O) groups excluding carboxylic acids is 1. The summed E-state index contributed by atoms with van der Waals surface area (Å²) in [5.41, 5.74) is 1.14. The van der Waals surface area contributed by atoms with Gasteiger partial charge in [0.1, 0.15) is 17.0 Å². The van der Waals surface area contributed by atoms with Crippen LogP contribution in [0.2, 0.25) is 0 Å². The molecule has 0 radical (unpaired) electrons. The van der Waals surface area contributed by atoms with E-state index in [9.17, 15) is 9.18 Å². The molecule has 1 N–H and O–H groups in total. The predicted octanol–water partition coefficient (Wildman–Crippen LogP) is 5.01. The van der Waals surface area contributed by atoms with Gasteiger partial charge in [-0.05, 0) is 37.1 Å². The molecule has 0 spiro atoms. The molecule has 1 saturated heterocycles. The first-order valence-corrected chi connectivity index (χ1v) is 11.0. The lowest BCUT2D eigenvalue weighted by molar-refractivity contribution is -0.120. The zero-order valence-electron chi connectivity index (χ0n) is 15.3. The Kier molecular flexibility index (Phi) is 4.76. The van der Waals surface area contributed by atoms with Gasteiger partial charge in [-0.15, -0.1) is 11.3 Å². The fourth-order valence-corrected chi connectivity index (χ4v) is 5.18. The minimum Gasteiger partial charge on any atom is -0.463 e. The third-order valence-corrected chi connectivity index (χ3v) is 6.84. The molecule has 1 fully saturated rings. The number of nitrogens with one attached hydrogen (secondary N) is 1. The second-order valence-corrected chi connectivity index (χ2v) is 8.72. The maximum atomic E-state index is 13.9. The lowest BCUT2D eigenvalue weighted by Gasteiger charge is -2.30. The zero-order valence-corrected chi connectivity index (χ0v) is 16.9. The third-order valence-electron chi connectivity index (χ3n) is 5.00. The van der Waals surface area contributed by atoms with Gasteiger partial charge in [0, 0.05) is 24.4 Å². The number of halogens is 1. The van der Waals surface area contributed by atoms with Gasteiger partial charge in [-0.25, -0.2) is 14.4 Å². The van der Waals surface area contributed by atoms with Crippen LogP contribution in [0.5, 0.6) is 0 Å². The summed E-state index contributed by atoms with van der Waals surface area (Å²) in [6.07, 6.45) is 3.04. The van der Waals surface area contributed by atoms with E-state index in [4.69, 9.17) is 4.42 Å². The van der Waals surface area contributed by atoms with Gasteiger partial charge in [-0.2, -0.15) is 0 Å². The highest BCUT2D eigenvalue weighted by atomic mass is 32.1. The van der Waals surface area contributed by atoms with E-state index in [2.05, 4.69) is 20.2 Å². The van der Waals surface area contributed by atoms with Crippen LogP contribution in [-0.2, 0) is 4.79 Å². The molecule has 0 bridgehead atoms. The first kappa shape index (κ1) is 18.3. The van der Waals surface area contributed by atoms with Crippen molar-refractivity contribution in [2.75, 3.05) is 23.3 Å². The number of aromatic nitrogens is 2. The Bertz CT molecular complexity index is 1150. The largest absolute Gasteiger partial charge is 0.463 e. The first-order valence-electron chi connectivity index (χ1n) is 9.27. The number of furan rings is 1. The van der Waals surface area contributed by atoms with Crippen molar-refractivity contribution in [3.8, 4) is 11.5 Å². The molecule has 3 aromatic heterocycles. The Morgan fingerprint density at radius 3 is 2.83 bits per heavy atom. The molecular formula is C20H17FN4O2S2. The Morgan fingerprint density at radius 1 is 1.21 bits per heavy atom. The maximum Gasteiger partial charge on any atom is 0.229 e. The van der Waals surface area contributed by atoms with Crippen molar-refractivity contribution in [2.45, 2.75) is 12.8 Å². The van der Waals surface area contributed by atoms with Gasteiger partial charge in [-0.3, -0.25) is 4.79 Å². The van der Waals surface area contributed by atoms with Crippen molar-refractivity contribution in [1.29, 1.82) is 0 Å². The molecular weight excluding hydrogens is 411 g/mol. The molecule has 0 saturated carbocycles. The molecule has 0 aliphatic carbocycles. The summed E-state index contributed by atoms with van der Waals surface area (Å²) in [5, 5.41) is 6.17. The Labute approximate surface area is 174 Å². The number of piperidine rings is 1. The van der Waals surface area contributed by atoms with Crippen LogP contribution in [-0.4, -0.2) is 29.0 Å². The number of hydrogen-bond donors (Lipinski definition) is 1. The number of amides is 1. The van der Waals surface area contributed by atoms with Crippen LogP contribution in [0.4, 0.5) is 14.7 Å². The molecule has 1 aliphatic heterocycles. The Balaban J connectivity index is 1.21. The highest BCUT2D eigenvalue weighted by molar-refractivity contribution is 7.22. The summed E-state index contributed by atoms with van der Waals surface area (Å²) in [6.45, 7) is 1.43. The molecule has 5 rings (SSSR count). The topological polar surface area (TPSA) is 71.3 Å². The quantitative estimate of drug-likeness (QED) is 0.495. The number of benzene rings is 1. The molecule has 1 aromatic carbocycles. The molecule has 6 nitrogen and oxygen atoms in total. The van der Waals surface area contributed by atoms with Gasteiger partial charge in [0.2, 0.25) is 5.91 Å². The lowest BCUT2D eigenvalue weighted by Crippen LogP contribution is -2.38. The molecule has 4 aromatic rings. The average Bonchev–Trinajstić information content (AvgIpc) is 3.48. The molecule has 4 heterocycles. The predicted molar refractivity (Wildman–Crippen MR) is 113 cm³/mol. The molecule has 29 heavy (non-hydrogen) atoms. The van der Waals surface area contributed by atoms with Gasteiger partial charge >= 0.3 is 0 Å². The second-order valence-electron chi connectivity index (χ2n) is 6.85. The summed E-state index contributed by atoms with van der Waals surface area (Å²) in [7, 11) is 0. The average molecular weight is 429 g/mol. The number of fused-ring (bicyclic) bond motifs is 1. The monoisotopic (exact) mass is 428 g/mol. The summed E-state index contributed by atoms with van der Waals surface area (Å²) in [6, 6.07) is 8.65. The summed E-state index contributed by atoms with van der Waals surface area (Å²) in [4.78, 5) is 23.6. The van der Waals surface area contributed by atoms with Crippen molar-refractivity contribution in [3.05, 3.63) is 47.8 Å². The number of nitrogens with zero attached hydrogens (tertiary/aromatic N) is 3. The van der Waals surface area contributed by atoms with Crippen molar-refractivity contribution in [3.63, 3.8) is 0 Å². The highest BCUT2D eigenvalue weighted by Crippen LogP contribution is 2.33. The number of carbonyl (C=O) groups is 1. The smallest absolute Gasteiger partial charge is 0.229 e. The molecule has 9 heteroatoms. The molecule has 0 unspecified atom stereocenters. The van der Waals surface area contributed by atoms with Crippen molar-refractivity contribution in [2.24, 2.45) is 5.92 Å². The van der Waals surface area contributed by atoms with Gasteiger partial charge in [-0.1, -0.05) is 17.4 Å². The minimum absolute atomic E-state index is 0.0136. The van der Waals surface area contributed by atoms with Crippen LogP contribution in [0, 0.1) is 11.7 Å². The first-order chi connectivity index (χ1) is 14.2. The third kappa shape index (κ3) is 3.63. The van der Waals surface area contributed by atoms with Crippen LogP contribution in [0.25, 0.3) is 21.7 Å². The van der Waals surface area contributed by atoms with Crippen LogP contribution < -0.4 is 10.2 Å². The van der Waals surface area contributed by atoms with E-state index in [1.807, 2.05) is 17.5 Å². The van der Waals surface area contributed by atoms with Crippen LogP contribution >= 0.6 is 22.7 Å². The maximum absolute atomic E-state index is 13.9. The van der Waals surface area contributed by atoms with E-state index >= 15 is 0 Å². The van der Waals surface area contributed by atoms with E-state index in [1.54, 1.807) is 18.4 Å². The van der Waals surface area contributed by atoms with E-state index in [1.165, 1.54) is 28.7 Å². The highest BCUT2D eigenvalue weighted by Gasteiger charge is 2.27. The van der Waals surface area contributed by atoms with Gasteiger partial charge < -0.3 is 14.6 Å².